The number of phenols is 1. The van der Waals surface area contributed by atoms with E-state index in [9.17, 15) is 13.9 Å². The summed E-state index contributed by atoms with van der Waals surface area (Å²) in [5.74, 6) is -0.440. The molecule has 0 aliphatic heterocycles. The van der Waals surface area contributed by atoms with Gasteiger partial charge in [-0.05, 0) is 23.6 Å². The van der Waals surface area contributed by atoms with Gasteiger partial charge in [-0.1, -0.05) is 11.3 Å². The fourth-order valence-electron chi connectivity index (χ4n) is 1.25. The van der Waals surface area contributed by atoms with E-state index in [1.807, 2.05) is 0 Å². The number of phenolic OH excluding ortho intramolecular Hbond substituents is 1. The number of rotatable bonds is 1. The van der Waals surface area contributed by atoms with Crippen molar-refractivity contribution < 1.29 is 19.0 Å². The van der Waals surface area contributed by atoms with Crippen molar-refractivity contribution in [3.05, 3.63) is 23.8 Å². The van der Waals surface area contributed by atoms with E-state index in [4.69, 9.17) is 5.11 Å². The zero-order valence-electron chi connectivity index (χ0n) is 6.87. The number of thiophene rings is 1. The molecular weight excluding hydrogens is 210 g/mol. The number of halogens is 2. The summed E-state index contributed by atoms with van der Waals surface area (Å²) in [6.07, 6.45) is -2.70. The molecule has 0 atom stereocenters. The van der Waals surface area contributed by atoms with Crippen LogP contribution < -0.4 is 0 Å². The number of benzene rings is 1. The van der Waals surface area contributed by atoms with Crippen LogP contribution in [-0.4, -0.2) is 10.2 Å². The Morgan fingerprint density at radius 1 is 1.14 bits per heavy atom. The van der Waals surface area contributed by atoms with Gasteiger partial charge in [0.15, 0.2) is 5.06 Å². The summed E-state index contributed by atoms with van der Waals surface area (Å²) in [5.41, 5.74) is -0.403. The molecule has 0 spiro atoms. The van der Waals surface area contributed by atoms with Crippen LogP contribution in [0.3, 0.4) is 0 Å². The number of aromatic hydroxyl groups is 2. The Morgan fingerprint density at radius 2 is 1.86 bits per heavy atom. The van der Waals surface area contributed by atoms with Crippen LogP contribution in [0.25, 0.3) is 10.1 Å². The van der Waals surface area contributed by atoms with E-state index >= 15 is 0 Å². The van der Waals surface area contributed by atoms with Gasteiger partial charge in [0, 0.05) is 4.70 Å². The maximum absolute atomic E-state index is 12.3. The van der Waals surface area contributed by atoms with Gasteiger partial charge in [0.2, 0.25) is 0 Å². The molecule has 0 aliphatic rings. The lowest BCUT2D eigenvalue weighted by Gasteiger charge is -2.02. The highest BCUT2D eigenvalue weighted by molar-refractivity contribution is 7.20. The van der Waals surface area contributed by atoms with Crippen LogP contribution >= 0.6 is 11.3 Å². The molecule has 0 radical (unpaired) electrons. The first-order valence-electron chi connectivity index (χ1n) is 3.81. The van der Waals surface area contributed by atoms with Crippen LogP contribution in [0.1, 0.15) is 12.0 Å². The first kappa shape index (κ1) is 9.21. The predicted octanol–water partition coefficient (Wildman–Crippen LogP) is 3.25. The summed E-state index contributed by atoms with van der Waals surface area (Å²) in [6.45, 7) is 0. The van der Waals surface area contributed by atoms with Gasteiger partial charge in [0.25, 0.3) is 6.43 Å². The highest BCUT2D eigenvalue weighted by Gasteiger charge is 2.14. The van der Waals surface area contributed by atoms with Crippen molar-refractivity contribution in [2.45, 2.75) is 6.43 Å². The highest BCUT2D eigenvalue weighted by atomic mass is 32.1. The Hall–Kier alpha value is -1.36. The first-order valence-corrected chi connectivity index (χ1v) is 4.63. The summed E-state index contributed by atoms with van der Waals surface area (Å²) in [4.78, 5) is 0. The molecule has 1 heterocycles. The second-order valence-corrected chi connectivity index (χ2v) is 3.90. The molecule has 2 N–H and O–H groups in total. The molecule has 0 bridgehead atoms. The number of fused-ring (bicyclic) bond motifs is 1. The van der Waals surface area contributed by atoms with Crippen LogP contribution in [0.2, 0.25) is 0 Å². The van der Waals surface area contributed by atoms with Crippen molar-refractivity contribution in [2.75, 3.05) is 0 Å². The fourth-order valence-corrected chi connectivity index (χ4v) is 2.08. The minimum absolute atomic E-state index is 0.0471. The maximum Gasteiger partial charge on any atom is 0.267 e. The molecule has 14 heavy (non-hydrogen) atoms. The topological polar surface area (TPSA) is 40.5 Å². The number of alkyl halides is 2. The lowest BCUT2D eigenvalue weighted by Crippen LogP contribution is -1.83. The first-order chi connectivity index (χ1) is 6.58. The Balaban J connectivity index is 2.70. The standard InChI is InChI=1S/C9H6F2O2S/c10-9(11)5-3-7-4(1-6(5)12)2-8(13)14-7/h1-3,9,12-13H. The Labute approximate surface area is 82.0 Å². The Kier molecular flexibility index (Phi) is 2.03. The molecule has 0 amide bonds. The molecule has 74 valence electrons. The summed E-state index contributed by atoms with van der Waals surface area (Å²) < 4.78 is 25.2. The van der Waals surface area contributed by atoms with Crippen molar-refractivity contribution in [1.29, 1.82) is 0 Å². The van der Waals surface area contributed by atoms with Gasteiger partial charge in [-0.2, -0.15) is 0 Å². The third kappa shape index (κ3) is 1.39. The second kappa shape index (κ2) is 3.09. The molecule has 1 aromatic carbocycles. The van der Waals surface area contributed by atoms with E-state index in [1.165, 1.54) is 18.2 Å². The lowest BCUT2D eigenvalue weighted by atomic mass is 10.1. The van der Waals surface area contributed by atoms with Gasteiger partial charge in [-0.15, -0.1) is 0 Å². The Morgan fingerprint density at radius 3 is 2.50 bits per heavy atom. The minimum Gasteiger partial charge on any atom is -0.507 e. The molecule has 0 saturated carbocycles. The molecule has 0 aliphatic carbocycles. The normalized spacial score (nSPS) is 11.4. The van der Waals surface area contributed by atoms with Gasteiger partial charge in [0.1, 0.15) is 5.75 Å². The van der Waals surface area contributed by atoms with Gasteiger partial charge in [0.05, 0.1) is 5.56 Å². The predicted molar refractivity (Wildman–Crippen MR) is 50.1 cm³/mol. The second-order valence-electron chi connectivity index (χ2n) is 2.83. The lowest BCUT2D eigenvalue weighted by molar-refractivity contribution is 0.147. The van der Waals surface area contributed by atoms with Crippen molar-refractivity contribution in [1.82, 2.24) is 0 Å². The SMILES string of the molecule is Oc1cc2cc(O)c(C(F)F)cc2s1. The molecular formula is C9H6F2O2S. The van der Waals surface area contributed by atoms with E-state index in [0.29, 0.717) is 10.1 Å². The number of hydrogen-bond acceptors (Lipinski definition) is 3. The van der Waals surface area contributed by atoms with Crippen LogP contribution in [0.15, 0.2) is 18.2 Å². The molecule has 0 unspecified atom stereocenters. The smallest absolute Gasteiger partial charge is 0.267 e. The number of hydrogen-bond donors (Lipinski definition) is 2. The van der Waals surface area contributed by atoms with Crippen molar-refractivity contribution in [2.24, 2.45) is 0 Å². The molecule has 0 fully saturated rings. The van der Waals surface area contributed by atoms with Crippen molar-refractivity contribution in [3.63, 3.8) is 0 Å². The van der Waals surface area contributed by atoms with Gasteiger partial charge >= 0.3 is 0 Å². The van der Waals surface area contributed by atoms with Crippen LogP contribution in [-0.2, 0) is 0 Å². The summed E-state index contributed by atoms with van der Waals surface area (Å²) in [5, 5.41) is 19.0. The summed E-state index contributed by atoms with van der Waals surface area (Å²) in [7, 11) is 0. The van der Waals surface area contributed by atoms with Crippen LogP contribution in [0, 0.1) is 0 Å². The molecule has 2 nitrogen and oxygen atoms in total. The largest absolute Gasteiger partial charge is 0.507 e. The summed E-state index contributed by atoms with van der Waals surface area (Å²) >= 11 is 1.00. The van der Waals surface area contributed by atoms with Crippen molar-refractivity contribution >= 4 is 21.4 Å². The maximum atomic E-state index is 12.3. The monoisotopic (exact) mass is 216 g/mol. The molecule has 2 rings (SSSR count). The summed E-state index contributed by atoms with van der Waals surface area (Å²) in [6, 6.07) is 3.85. The zero-order chi connectivity index (χ0) is 10.3. The van der Waals surface area contributed by atoms with E-state index in [0.717, 1.165) is 11.3 Å². The molecule has 1 aromatic heterocycles. The van der Waals surface area contributed by atoms with Crippen LogP contribution in [0.5, 0.6) is 10.8 Å². The quantitative estimate of drug-likeness (QED) is 0.768. The van der Waals surface area contributed by atoms with E-state index < -0.39 is 17.7 Å². The van der Waals surface area contributed by atoms with Gasteiger partial charge in [-0.3, -0.25) is 0 Å². The average molecular weight is 216 g/mol. The molecule has 5 heteroatoms. The molecule has 0 saturated heterocycles. The van der Waals surface area contributed by atoms with Crippen molar-refractivity contribution in [3.8, 4) is 10.8 Å². The highest BCUT2D eigenvalue weighted by Crippen LogP contribution is 2.37. The Bertz CT molecular complexity index is 479. The van der Waals surface area contributed by atoms with E-state index in [-0.39, 0.29) is 5.06 Å². The van der Waals surface area contributed by atoms with Gasteiger partial charge < -0.3 is 10.2 Å². The fraction of sp³-hybridized carbons (Fsp3) is 0.111. The average Bonchev–Trinajstić information content (AvgIpc) is 2.42. The molecule has 2 aromatic rings. The zero-order valence-corrected chi connectivity index (χ0v) is 7.68. The minimum atomic E-state index is -2.70. The third-order valence-electron chi connectivity index (χ3n) is 1.89. The third-order valence-corrected chi connectivity index (χ3v) is 2.79. The van der Waals surface area contributed by atoms with Crippen LogP contribution in [0.4, 0.5) is 8.78 Å². The van der Waals surface area contributed by atoms with E-state index in [1.54, 1.807) is 0 Å². The van der Waals surface area contributed by atoms with E-state index in [2.05, 4.69) is 0 Å². The van der Waals surface area contributed by atoms with Gasteiger partial charge in [-0.25, -0.2) is 8.78 Å².